The minimum Gasteiger partial charge on any atom is -0.497 e. The summed E-state index contributed by atoms with van der Waals surface area (Å²) in [6.45, 7) is 2.01. The predicted molar refractivity (Wildman–Crippen MR) is 72.8 cm³/mol. The number of carboxylic acid groups (broad SMARTS) is 1. The SMILES string of the molecule is COCCOCCCOc1cc(OC)ccc1C(=O)O. The fraction of sp³-hybridized carbons (Fsp3) is 0.500. The van der Waals surface area contributed by atoms with Crippen molar-refractivity contribution in [1.82, 2.24) is 0 Å². The van der Waals surface area contributed by atoms with Crippen molar-refractivity contribution in [2.24, 2.45) is 0 Å². The number of rotatable bonds is 10. The highest BCUT2D eigenvalue weighted by molar-refractivity contribution is 5.91. The van der Waals surface area contributed by atoms with E-state index in [0.29, 0.717) is 44.3 Å². The van der Waals surface area contributed by atoms with Gasteiger partial charge in [-0.25, -0.2) is 4.79 Å². The van der Waals surface area contributed by atoms with E-state index in [9.17, 15) is 4.79 Å². The average Bonchev–Trinajstić information content (AvgIpc) is 2.45. The Morgan fingerprint density at radius 1 is 1.15 bits per heavy atom. The van der Waals surface area contributed by atoms with E-state index in [1.165, 1.54) is 13.2 Å². The molecule has 0 spiro atoms. The lowest BCUT2D eigenvalue weighted by Gasteiger charge is -2.11. The summed E-state index contributed by atoms with van der Waals surface area (Å²) >= 11 is 0. The normalized spacial score (nSPS) is 10.3. The van der Waals surface area contributed by atoms with E-state index in [1.54, 1.807) is 19.2 Å². The maximum atomic E-state index is 11.1. The first kappa shape index (κ1) is 16.3. The molecule has 0 amide bonds. The van der Waals surface area contributed by atoms with Crippen LogP contribution in [0.5, 0.6) is 11.5 Å². The number of hydrogen-bond donors (Lipinski definition) is 1. The fourth-order valence-electron chi connectivity index (χ4n) is 1.51. The van der Waals surface area contributed by atoms with E-state index in [2.05, 4.69) is 0 Å². The monoisotopic (exact) mass is 284 g/mol. The van der Waals surface area contributed by atoms with Gasteiger partial charge in [0.15, 0.2) is 0 Å². The van der Waals surface area contributed by atoms with Crippen LogP contribution in [0.15, 0.2) is 18.2 Å². The first-order valence-corrected chi connectivity index (χ1v) is 6.30. The van der Waals surface area contributed by atoms with Crippen LogP contribution in [0.4, 0.5) is 0 Å². The van der Waals surface area contributed by atoms with Gasteiger partial charge in [0.25, 0.3) is 0 Å². The molecule has 0 saturated heterocycles. The molecule has 0 radical (unpaired) electrons. The summed E-state index contributed by atoms with van der Waals surface area (Å²) in [7, 11) is 3.13. The standard InChI is InChI=1S/C14H20O6/c1-17-8-9-19-6-3-7-20-13-10-11(18-2)4-5-12(13)14(15)16/h4-5,10H,3,6-9H2,1-2H3,(H,15,16). The Hall–Kier alpha value is -1.79. The Morgan fingerprint density at radius 3 is 2.60 bits per heavy atom. The summed E-state index contributed by atoms with van der Waals surface area (Å²) in [6, 6.07) is 4.62. The van der Waals surface area contributed by atoms with E-state index in [-0.39, 0.29) is 5.56 Å². The van der Waals surface area contributed by atoms with Gasteiger partial charge >= 0.3 is 5.97 Å². The minimum atomic E-state index is -1.03. The first-order chi connectivity index (χ1) is 9.69. The Bertz CT molecular complexity index is 418. The molecule has 1 rings (SSSR count). The molecular formula is C14H20O6. The van der Waals surface area contributed by atoms with E-state index in [4.69, 9.17) is 24.1 Å². The summed E-state index contributed by atoms with van der Waals surface area (Å²) in [5.74, 6) is -0.172. The van der Waals surface area contributed by atoms with Crippen LogP contribution in [-0.4, -0.2) is 51.7 Å². The van der Waals surface area contributed by atoms with Crippen molar-refractivity contribution < 1.29 is 28.8 Å². The van der Waals surface area contributed by atoms with Crippen molar-refractivity contribution in [2.75, 3.05) is 40.6 Å². The molecular weight excluding hydrogens is 264 g/mol. The average molecular weight is 284 g/mol. The molecule has 1 aromatic carbocycles. The van der Waals surface area contributed by atoms with Gasteiger partial charge in [-0.3, -0.25) is 0 Å². The van der Waals surface area contributed by atoms with Crippen molar-refractivity contribution in [3.8, 4) is 11.5 Å². The van der Waals surface area contributed by atoms with Crippen LogP contribution in [-0.2, 0) is 9.47 Å². The lowest BCUT2D eigenvalue weighted by atomic mass is 10.2. The van der Waals surface area contributed by atoms with Gasteiger partial charge in [0.05, 0.1) is 26.9 Å². The largest absolute Gasteiger partial charge is 0.497 e. The molecule has 0 unspecified atom stereocenters. The van der Waals surface area contributed by atoms with Gasteiger partial charge in [-0.2, -0.15) is 0 Å². The summed E-state index contributed by atoms with van der Waals surface area (Å²) in [5, 5.41) is 9.07. The topological polar surface area (TPSA) is 74.2 Å². The molecule has 0 aliphatic rings. The summed E-state index contributed by atoms with van der Waals surface area (Å²) < 4.78 is 20.7. The van der Waals surface area contributed by atoms with Crippen molar-refractivity contribution in [1.29, 1.82) is 0 Å². The molecule has 0 fully saturated rings. The Labute approximate surface area is 118 Å². The van der Waals surface area contributed by atoms with Gasteiger partial charge in [0, 0.05) is 26.2 Å². The fourth-order valence-corrected chi connectivity index (χ4v) is 1.51. The maximum Gasteiger partial charge on any atom is 0.339 e. The summed E-state index contributed by atoms with van der Waals surface area (Å²) in [6.07, 6.45) is 0.667. The number of benzene rings is 1. The number of ether oxygens (including phenoxy) is 4. The Balaban J connectivity index is 2.43. The third-order valence-corrected chi connectivity index (χ3v) is 2.54. The molecule has 0 bridgehead atoms. The molecule has 0 aliphatic carbocycles. The Kier molecular flexibility index (Phi) is 7.46. The zero-order valence-electron chi connectivity index (χ0n) is 11.8. The molecule has 1 N–H and O–H groups in total. The van der Waals surface area contributed by atoms with Crippen LogP contribution < -0.4 is 9.47 Å². The second kappa shape index (κ2) is 9.17. The zero-order valence-corrected chi connectivity index (χ0v) is 11.8. The van der Waals surface area contributed by atoms with Gasteiger partial charge in [0.2, 0.25) is 0 Å². The molecule has 0 atom stereocenters. The van der Waals surface area contributed by atoms with Crippen molar-refractivity contribution in [3.63, 3.8) is 0 Å². The third-order valence-electron chi connectivity index (χ3n) is 2.54. The van der Waals surface area contributed by atoms with Crippen molar-refractivity contribution in [3.05, 3.63) is 23.8 Å². The van der Waals surface area contributed by atoms with Gasteiger partial charge < -0.3 is 24.1 Å². The number of methoxy groups -OCH3 is 2. The van der Waals surface area contributed by atoms with Gasteiger partial charge in [-0.15, -0.1) is 0 Å². The maximum absolute atomic E-state index is 11.1. The molecule has 1 aromatic rings. The molecule has 0 aliphatic heterocycles. The smallest absolute Gasteiger partial charge is 0.339 e. The van der Waals surface area contributed by atoms with Crippen LogP contribution in [0, 0.1) is 0 Å². The number of hydrogen-bond acceptors (Lipinski definition) is 5. The lowest BCUT2D eigenvalue weighted by molar-refractivity contribution is 0.0637. The number of carboxylic acids is 1. The van der Waals surface area contributed by atoms with Crippen LogP contribution >= 0.6 is 0 Å². The van der Waals surface area contributed by atoms with Crippen LogP contribution in [0.25, 0.3) is 0 Å². The van der Waals surface area contributed by atoms with Gasteiger partial charge in [0.1, 0.15) is 17.1 Å². The minimum absolute atomic E-state index is 0.117. The molecule has 0 heterocycles. The predicted octanol–water partition coefficient (Wildman–Crippen LogP) is 1.83. The molecule has 6 nitrogen and oxygen atoms in total. The quantitative estimate of drug-likeness (QED) is 0.661. The second-order valence-electron chi connectivity index (χ2n) is 3.97. The third kappa shape index (κ3) is 5.46. The van der Waals surface area contributed by atoms with Gasteiger partial charge in [-0.1, -0.05) is 0 Å². The van der Waals surface area contributed by atoms with E-state index < -0.39 is 5.97 Å². The molecule has 112 valence electrons. The van der Waals surface area contributed by atoms with E-state index in [0.717, 1.165) is 0 Å². The highest BCUT2D eigenvalue weighted by Crippen LogP contribution is 2.25. The molecule has 0 saturated carbocycles. The van der Waals surface area contributed by atoms with Crippen molar-refractivity contribution >= 4 is 5.97 Å². The first-order valence-electron chi connectivity index (χ1n) is 6.30. The van der Waals surface area contributed by atoms with E-state index in [1.807, 2.05) is 0 Å². The Morgan fingerprint density at radius 2 is 1.95 bits per heavy atom. The van der Waals surface area contributed by atoms with Crippen molar-refractivity contribution in [2.45, 2.75) is 6.42 Å². The van der Waals surface area contributed by atoms with Gasteiger partial charge in [-0.05, 0) is 12.1 Å². The molecule has 0 aromatic heterocycles. The van der Waals surface area contributed by atoms with E-state index >= 15 is 0 Å². The number of carbonyl (C=O) groups is 1. The lowest BCUT2D eigenvalue weighted by Crippen LogP contribution is -2.08. The van der Waals surface area contributed by atoms with Crippen LogP contribution in [0.2, 0.25) is 0 Å². The highest BCUT2D eigenvalue weighted by atomic mass is 16.5. The zero-order chi connectivity index (χ0) is 14.8. The highest BCUT2D eigenvalue weighted by Gasteiger charge is 2.12. The van der Waals surface area contributed by atoms with Crippen LogP contribution in [0.3, 0.4) is 0 Å². The second-order valence-corrected chi connectivity index (χ2v) is 3.97. The molecule has 6 heteroatoms. The van der Waals surface area contributed by atoms with Crippen LogP contribution in [0.1, 0.15) is 16.8 Å². The summed E-state index contributed by atoms with van der Waals surface area (Å²) in [4.78, 5) is 11.1. The number of aromatic carboxylic acids is 1. The summed E-state index contributed by atoms with van der Waals surface area (Å²) in [5.41, 5.74) is 0.117. The molecule has 20 heavy (non-hydrogen) atoms.